The molecular weight excluding hydrogens is 264 g/mol. The molecule has 0 saturated carbocycles. The Morgan fingerprint density at radius 2 is 2.19 bits per heavy atom. The lowest BCUT2D eigenvalue weighted by Crippen LogP contribution is -2.05. The predicted molar refractivity (Wildman–Crippen MR) is 82.5 cm³/mol. The molecule has 2 rings (SSSR count). The lowest BCUT2D eigenvalue weighted by Gasteiger charge is -2.15. The van der Waals surface area contributed by atoms with E-state index in [0.717, 1.165) is 23.1 Å². The third-order valence-corrected chi connectivity index (χ3v) is 3.26. The van der Waals surface area contributed by atoms with Crippen LogP contribution in [0.15, 0.2) is 41.5 Å². The Hall–Kier alpha value is -2.29. The number of hydrogen-bond acceptors (Lipinski definition) is 3. The highest BCUT2D eigenvalue weighted by molar-refractivity contribution is 5.77. The van der Waals surface area contributed by atoms with E-state index >= 15 is 0 Å². The van der Waals surface area contributed by atoms with Crippen LogP contribution >= 0.6 is 0 Å². The Balaban J connectivity index is 2.26. The van der Waals surface area contributed by atoms with Crippen molar-refractivity contribution in [1.82, 2.24) is 0 Å². The van der Waals surface area contributed by atoms with Crippen LogP contribution < -0.4 is 4.74 Å². The molecule has 1 aromatic rings. The fraction of sp³-hybridized carbons (Fsp3) is 0.222. The molecular formula is C18H18O3. The molecule has 0 bridgehead atoms. The number of carbonyl (C=O) groups excluding carboxylic acids is 1. The van der Waals surface area contributed by atoms with Crippen LogP contribution in [0.1, 0.15) is 32.3 Å². The van der Waals surface area contributed by atoms with Crippen LogP contribution in [0.2, 0.25) is 0 Å². The normalized spacial score (nSPS) is 13.9. The molecule has 0 spiro atoms. The minimum Gasteiger partial charge on any atom is -0.507 e. The largest absolute Gasteiger partial charge is 0.507 e. The van der Waals surface area contributed by atoms with Crippen molar-refractivity contribution in [3.8, 4) is 11.5 Å². The van der Waals surface area contributed by atoms with Crippen LogP contribution in [0.3, 0.4) is 0 Å². The van der Waals surface area contributed by atoms with Crippen molar-refractivity contribution >= 4 is 11.5 Å². The maximum absolute atomic E-state index is 11.2. The van der Waals surface area contributed by atoms with Gasteiger partial charge in [-0.25, -0.2) is 0 Å². The molecule has 0 amide bonds. The van der Waals surface area contributed by atoms with Gasteiger partial charge >= 0.3 is 5.97 Å². The van der Waals surface area contributed by atoms with Gasteiger partial charge in [-0.3, -0.25) is 4.79 Å². The lowest BCUT2D eigenvalue weighted by atomic mass is 9.91. The van der Waals surface area contributed by atoms with E-state index in [-0.39, 0.29) is 12.2 Å². The predicted octanol–water partition coefficient (Wildman–Crippen LogP) is 4.00. The van der Waals surface area contributed by atoms with E-state index in [9.17, 15) is 9.90 Å². The minimum atomic E-state index is -0.427. The number of esters is 1. The monoisotopic (exact) mass is 282 g/mol. The number of aromatic hydroxyl groups is 1. The van der Waals surface area contributed by atoms with E-state index in [1.807, 2.05) is 26.0 Å². The number of rotatable bonds is 3. The highest BCUT2D eigenvalue weighted by atomic mass is 16.5. The second-order valence-electron chi connectivity index (χ2n) is 5.06. The van der Waals surface area contributed by atoms with Gasteiger partial charge in [-0.2, -0.15) is 0 Å². The van der Waals surface area contributed by atoms with Gasteiger partial charge in [-0.15, -0.1) is 0 Å². The van der Waals surface area contributed by atoms with Gasteiger partial charge < -0.3 is 9.84 Å². The van der Waals surface area contributed by atoms with Gasteiger partial charge in [-0.1, -0.05) is 17.7 Å². The van der Waals surface area contributed by atoms with E-state index < -0.39 is 5.97 Å². The second kappa shape index (κ2) is 6.44. The number of allylic oxidation sites excluding steroid dienone is 6. The van der Waals surface area contributed by atoms with E-state index in [4.69, 9.17) is 4.74 Å². The highest BCUT2D eigenvalue weighted by Gasteiger charge is 2.13. The average Bonchev–Trinajstić information content (AvgIpc) is 2.47. The van der Waals surface area contributed by atoms with Gasteiger partial charge in [0, 0.05) is 18.1 Å². The molecule has 2 radical (unpaired) electrons. The van der Waals surface area contributed by atoms with Crippen molar-refractivity contribution in [2.45, 2.75) is 26.7 Å². The zero-order valence-corrected chi connectivity index (χ0v) is 12.3. The number of carbonyl (C=O) groups is 1. The number of phenolic OH excluding ortho intramolecular Hbond substituents is 1. The molecule has 0 heterocycles. The minimum absolute atomic E-state index is 0.0538. The smallest absolute Gasteiger partial charge is 0.311 e. The van der Waals surface area contributed by atoms with Crippen LogP contribution in [0.25, 0.3) is 5.57 Å². The summed E-state index contributed by atoms with van der Waals surface area (Å²) in [5.41, 5.74) is 4.08. The van der Waals surface area contributed by atoms with Gasteiger partial charge in [0.2, 0.25) is 0 Å². The Bertz CT molecular complexity index is 644. The second-order valence-corrected chi connectivity index (χ2v) is 5.06. The third-order valence-electron chi connectivity index (χ3n) is 3.26. The van der Waals surface area contributed by atoms with Gasteiger partial charge in [-0.05, 0) is 56.5 Å². The lowest BCUT2D eigenvalue weighted by molar-refractivity contribution is -0.133. The topological polar surface area (TPSA) is 46.5 Å². The summed E-state index contributed by atoms with van der Waals surface area (Å²) in [7, 11) is 0. The Labute approximate surface area is 125 Å². The molecule has 1 aliphatic rings. The first-order valence-electron chi connectivity index (χ1n) is 6.80. The van der Waals surface area contributed by atoms with Crippen molar-refractivity contribution in [2.24, 2.45) is 0 Å². The van der Waals surface area contributed by atoms with E-state index in [0.29, 0.717) is 5.75 Å². The van der Waals surface area contributed by atoms with E-state index in [1.165, 1.54) is 11.6 Å². The zero-order valence-electron chi connectivity index (χ0n) is 12.3. The van der Waals surface area contributed by atoms with E-state index in [1.54, 1.807) is 12.1 Å². The summed E-state index contributed by atoms with van der Waals surface area (Å²) in [5.74, 6) is -0.00624. The summed E-state index contributed by atoms with van der Waals surface area (Å²) in [6.45, 7) is 7.54. The van der Waals surface area contributed by atoms with Crippen molar-refractivity contribution in [1.29, 1.82) is 0 Å². The summed E-state index contributed by atoms with van der Waals surface area (Å²) >= 11 is 0. The summed E-state index contributed by atoms with van der Waals surface area (Å²) in [6, 6.07) is 4.89. The summed E-state index contributed by atoms with van der Waals surface area (Å²) < 4.78 is 5.04. The van der Waals surface area contributed by atoms with Gasteiger partial charge in [0.1, 0.15) is 11.5 Å². The van der Waals surface area contributed by atoms with Gasteiger partial charge in [0.05, 0.1) is 0 Å². The molecule has 3 nitrogen and oxygen atoms in total. The molecule has 3 heteroatoms. The molecule has 108 valence electrons. The molecule has 0 fully saturated rings. The Kier molecular flexibility index (Phi) is 4.63. The molecule has 0 saturated heterocycles. The SMILES string of the molecule is [CH2]CC(=O)Oc1ccc(C2=CC=[C]C(=C(C)C)C2)c(O)c1. The maximum atomic E-state index is 11.2. The first-order valence-corrected chi connectivity index (χ1v) is 6.80. The number of phenols is 1. The van der Waals surface area contributed by atoms with Crippen molar-refractivity contribution < 1.29 is 14.6 Å². The van der Waals surface area contributed by atoms with Gasteiger partial charge in [0.15, 0.2) is 0 Å². The summed E-state index contributed by atoms with van der Waals surface area (Å²) in [5, 5.41) is 10.2. The molecule has 0 unspecified atom stereocenters. The van der Waals surface area contributed by atoms with Crippen molar-refractivity contribution in [3.63, 3.8) is 0 Å². The van der Waals surface area contributed by atoms with Crippen LogP contribution in [0.4, 0.5) is 0 Å². The van der Waals surface area contributed by atoms with Crippen LogP contribution in [-0.2, 0) is 4.79 Å². The molecule has 0 atom stereocenters. The first-order chi connectivity index (χ1) is 10.0. The van der Waals surface area contributed by atoms with Gasteiger partial charge in [0.25, 0.3) is 0 Å². The van der Waals surface area contributed by atoms with E-state index in [2.05, 4.69) is 13.0 Å². The van der Waals surface area contributed by atoms with Crippen LogP contribution in [0, 0.1) is 13.0 Å². The molecule has 0 aromatic heterocycles. The maximum Gasteiger partial charge on any atom is 0.311 e. The Morgan fingerprint density at radius 3 is 2.81 bits per heavy atom. The highest BCUT2D eigenvalue weighted by Crippen LogP contribution is 2.35. The fourth-order valence-corrected chi connectivity index (χ4v) is 2.08. The Morgan fingerprint density at radius 1 is 1.43 bits per heavy atom. The fourth-order valence-electron chi connectivity index (χ4n) is 2.08. The molecule has 1 N–H and O–H groups in total. The average molecular weight is 282 g/mol. The first kappa shape index (κ1) is 15.1. The quantitative estimate of drug-likeness (QED) is 0.673. The zero-order chi connectivity index (χ0) is 15.4. The van der Waals surface area contributed by atoms with Crippen molar-refractivity contribution in [3.05, 3.63) is 60.1 Å². The molecule has 1 aromatic carbocycles. The number of hydrogen-bond donors (Lipinski definition) is 1. The molecule has 21 heavy (non-hydrogen) atoms. The number of ether oxygens (including phenoxy) is 1. The van der Waals surface area contributed by atoms with Crippen LogP contribution in [-0.4, -0.2) is 11.1 Å². The van der Waals surface area contributed by atoms with Crippen molar-refractivity contribution in [2.75, 3.05) is 0 Å². The van der Waals surface area contributed by atoms with Crippen LogP contribution in [0.5, 0.6) is 11.5 Å². The summed E-state index contributed by atoms with van der Waals surface area (Å²) in [4.78, 5) is 11.2. The molecule has 1 aliphatic carbocycles. The number of benzene rings is 1. The summed E-state index contributed by atoms with van der Waals surface area (Å²) in [6.07, 6.45) is 7.78. The molecule has 0 aliphatic heterocycles. The third kappa shape index (κ3) is 3.63. The standard InChI is InChI=1S/C18H18O3/c1-4-18(20)21-15-8-9-16(17(19)11-15)14-7-5-6-13(10-14)12(2)3/h5,7-9,11,19H,1,4,10H2,2-3H3.